The van der Waals surface area contributed by atoms with Crippen LogP contribution in [0.15, 0.2) is 12.5 Å². The van der Waals surface area contributed by atoms with Crippen LogP contribution in [0, 0.1) is 0 Å². The maximum atomic E-state index is 11.6. The van der Waals surface area contributed by atoms with Gasteiger partial charge in [0, 0.05) is 13.6 Å². The summed E-state index contributed by atoms with van der Waals surface area (Å²) >= 11 is 0. The molecule has 0 fully saturated rings. The lowest BCUT2D eigenvalue weighted by Gasteiger charge is -2.14. The predicted molar refractivity (Wildman–Crippen MR) is 50.5 cm³/mol. The Morgan fingerprint density at radius 1 is 1.69 bits per heavy atom. The van der Waals surface area contributed by atoms with Gasteiger partial charge in [-0.1, -0.05) is 13.3 Å². The van der Waals surface area contributed by atoms with Gasteiger partial charge in [0.1, 0.15) is 5.69 Å². The molecule has 4 nitrogen and oxygen atoms in total. The molecule has 13 heavy (non-hydrogen) atoms. The maximum Gasteiger partial charge on any atom is 0.271 e. The van der Waals surface area contributed by atoms with Gasteiger partial charge in [0.2, 0.25) is 0 Å². The predicted octanol–water partition coefficient (Wildman–Crippen LogP) is 1.28. The van der Waals surface area contributed by atoms with Gasteiger partial charge in [0.05, 0.1) is 12.5 Å². The van der Waals surface area contributed by atoms with Gasteiger partial charge in [-0.2, -0.15) is 0 Å². The van der Waals surface area contributed by atoms with Gasteiger partial charge in [-0.3, -0.25) is 4.79 Å². The summed E-state index contributed by atoms with van der Waals surface area (Å²) in [4.78, 5) is 19.9. The Balaban J connectivity index is 2.48. The normalized spacial score (nSPS) is 10.0. The van der Waals surface area contributed by atoms with E-state index in [1.165, 1.54) is 6.33 Å². The van der Waals surface area contributed by atoms with E-state index in [0.29, 0.717) is 5.69 Å². The quantitative estimate of drug-likeness (QED) is 0.760. The van der Waals surface area contributed by atoms with Crippen LogP contribution in [-0.2, 0) is 0 Å². The molecule has 0 bridgehead atoms. The standard InChI is InChI=1S/C9H15N3O/c1-3-4-5-12(2)9(13)8-6-10-7-11-8/h6-7H,3-5H2,1-2H3,(H,10,11). The number of amides is 1. The molecule has 1 aromatic rings. The van der Waals surface area contributed by atoms with Crippen molar-refractivity contribution < 1.29 is 4.79 Å². The smallest absolute Gasteiger partial charge is 0.271 e. The number of imidazole rings is 1. The third-order valence-corrected chi connectivity index (χ3v) is 1.92. The molecule has 0 radical (unpaired) electrons. The Morgan fingerprint density at radius 3 is 3.00 bits per heavy atom. The van der Waals surface area contributed by atoms with Gasteiger partial charge in [-0.15, -0.1) is 0 Å². The molecule has 1 rings (SSSR count). The molecule has 4 heteroatoms. The highest BCUT2D eigenvalue weighted by atomic mass is 16.2. The van der Waals surface area contributed by atoms with Crippen LogP contribution in [0.3, 0.4) is 0 Å². The van der Waals surface area contributed by atoms with Gasteiger partial charge in [0.25, 0.3) is 5.91 Å². The highest BCUT2D eigenvalue weighted by Gasteiger charge is 2.11. The average molecular weight is 181 g/mol. The number of unbranched alkanes of at least 4 members (excludes halogenated alkanes) is 1. The van der Waals surface area contributed by atoms with E-state index in [1.54, 1.807) is 18.1 Å². The lowest BCUT2D eigenvalue weighted by Crippen LogP contribution is -2.27. The second-order valence-electron chi connectivity index (χ2n) is 3.05. The van der Waals surface area contributed by atoms with Crippen LogP contribution >= 0.6 is 0 Å². The number of aromatic nitrogens is 2. The van der Waals surface area contributed by atoms with E-state index in [9.17, 15) is 4.79 Å². The minimum atomic E-state index is 0.00551. The minimum Gasteiger partial charge on any atom is -0.341 e. The van der Waals surface area contributed by atoms with Crippen molar-refractivity contribution in [2.45, 2.75) is 19.8 Å². The van der Waals surface area contributed by atoms with Crippen molar-refractivity contribution in [1.82, 2.24) is 14.9 Å². The molecule has 1 amide bonds. The van der Waals surface area contributed by atoms with Gasteiger partial charge in [0.15, 0.2) is 0 Å². The van der Waals surface area contributed by atoms with Crippen LogP contribution in [-0.4, -0.2) is 34.4 Å². The number of carbonyl (C=O) groups is 1. The summed E-state index contributed by atoms with van der Waals surface area (Å²) in [5.74, 6) is 0.00551. The topological polar surface area (TPSA) is 49.0 Å². The van der Waals surface area contributed by atoms with Crippen molar-refractivity contribution in [3.05, 3.63) is 18.2 Å². The number of nitrogens with zero attached hydrogens (tertiary/aromatic N) is 2. The number of hydrogen-bond donors (Lipinski definition) is 1. The molecule has 1 heterocycles. The van der Waals surface area contributed by atoms with Crippen molar-refractivity contribution in [2.75, 3.05) is 13.6 Å². The zero-order valence-electron chi connectivity index (χ0n) is 8.08. The number of hydrogen-bond acceptors (Lipinski definition) is 2. The van der Waals surface area contributed by atoms with Crippen LogP contribution < -0.4 is 0 Å². The summed E-state index contributed by atoms with van der Waals surface area (Å²) in [5.41, 5.74) is 0.554. The number of nitrogens with one attached hydrogen (secondary N) is 1. The fourth-order valence-electron chi connectivity index (χ4n) is 1.08. The molecule has 0 atom stereocenters. The minimum absolute atomic E-state index is 0.00551. The zero-order chi connectivity index (χ0) is 9.68. The highest BCUT2D eigenvalue weighted by molar-refractivity contribution is 5.91. The van der Waals surface area contributed by atoms with Crippen molar-refractivity contribution in [2.24, 2.45) is 0 Å². The van der Waals surface area contributed by atoms with Crippen LogP contribution in [0.4, 0.5) is 0 Å². The van der Waals surface area contributed by atoms with Crippen molar-refractivity contribution in [3.8, 4) is 0 Å². The molecule has 0 aliphatic heterocycles. The first kappa shape index (κ1) is 9.77. The van der Waals surface area contributed by atoms with Gasteiger partial charge in [-0.05, 0) is 6.42 Å². The fourth-order valence-corrected chi connectivity index (χ4v) is 1.08. The first-order chi connectivity index (χ1) is 6.25. The van der Waals surface area contributed by atoms with E-state index in [-0.39, 0.29) is 5.91 Å². The molecule has 1 aromatic heterocycles. The fraction of sp³-hybridized carbons (Fsp3) is 0.556. The van der Waals surface area contributed by atoms with Gasteiger partial charge in [-0.25, -0.2) is 4.98 Å². The molecule has 1 N–H and O–H groups in total. The Bertz CT molecular complexity index is 256. The van der Waals surface area contributed by atoms with Crippen molar-refractivity contribution in [1.29, 1.82) is 0 Å². The molecular weight excluding hydrogens is 166 g/mol. The summed E-state index contributed by atoms with van der Waals surface area (Å²) < 4.78 is 0. The number of carbonyl (C=O) groups excluding carboxylic acids is 1. The Kier molecular flexibility index (Phi) is 3.49. The number of rotatable bonds is 4. The second-order valence-corrected chi connectivity index (χ2v) is 3.05. The molecule has 0 saturated heterocycles. The van der Waals surface area contributed by atoms with Gasteiger partial charge >= 0.3 is 0 Å². The number of aromatic amines is 1. The molecule has 72 valence electrons. The summed E-state index contributed by atoms with van der Waals surface area (Å²) in [5, 5.41) is 0. The lowest BCUT2D eigenvalue weighted by atomic mass is 10.3. The average Bonchev–Trinajstić information content (AvgIpc) is 2.65. The SMILES string of the molecule is CCCCN(C)C(=O)c1cnc[nH]1. The van der Waals surface area contributed by atoms with E-state index >= 15 is 0 Å². The highest BCUT2D eigenvalue weighted by Crippen LogP contribution is 1.99. The largest absolute Gasteiger partial charge is 0.341 e. The van der Waals surface area contributed by atoms with Crippen molar-refractivity contribution >= 4 is 5.91 Å². The van der Waals surface area contributed by atoms with Crippen LogP contribution in [0.5, 0.6) is 0 Å². The van der Waals surface area contributed by atoms with Crippen LogP contribution in [0.1, 0.15) is 30.3 Å². The summed E-state index contributed by atoms with van der Waals surface area (Å²) in [6.45, 7) is 2.91. The van der Waals surface area contributed by atoms with Crippen LogP contribution in [0.25, 0.3) is 0 Å². The molecule has 0 aliphatic rings. The molecule has 0 unspecified atom stereocenters. The summed E-state index contributed by atoms with van der Waals surface area (Å²) in [6.07, 6.45) is 5.20. The third-order valence-electron chi connectivity index (χ3n) is 1.92. The van der Waals surface area contributed by atoms with E-state index in [0.717, 1.165) is 19.4 Å². The maximum absolute atomic E-state index is 11.6. The van der Waals surface area contributed by atoms with E-state index < -0.39 is 0 Å². The molecule has 0 saturated carbocycles. The van der Waals surface area contributed by atoms with Crippen LogP contribution in [0.2, 0.25) is 0 Å². The summed E-state index contributed by atoms with van der Waals surface area (Å²) in [7, 11) is 1.80. The van der Waals surface area contributed by atoms with E-state index in [1.807, 2.05) is 0 Å². The summed E-state index contributed by atoms with van der Waals surface area (Å²) in [6, 6.07) is 0. The third kappa shape index (κ3) is 2.57. The Hall–Kier alpha value is -1.32. The molecular formula is C9H15N3O. The zero-order valence-corrected chi connectivity index (χ0v) is 8.08. The lowest BCUT2D eigenvalue weighted by molar-refractivity contribution is 0.0788. The first-order valence-electron chi connectivity index (χ1n) is 4.49. The molecule has 0 aromatic carbocycles. The van der Waals surface area contributed by atoms with E-state index in [2.05, 4.69) is 16.9 Å². The monoisotopic (exact) mass is 181 g/mol. The first-order valence-corrected chi connectivity index (χ1v) is 4.49. The molecule has 0 aliphatic carbocycles. The Morgan fingerprint density at radius 2 is 2.46 bits per heavy atom. The Labute approximate surface area is 78.0 Å². The molecule has 0 spiro atoms. The van der Waals surface area contributed by atoms with Gasteiger partial charge < -0.3 is 9.88 Å². The van der Waals surface area contributed by atoms with E-state index in [4.69, 9.17) is 0 Å². The van der Waals surface area contributed by atoms with Crippen molar-refractivity contribution in [3.63, 3.8) is 0 Å². The number of H-pyrrole nitrogens is 1. The second kappa shape index (κ2) is 4.64.